The largest absolute Gasteiger partial charge is 0.330 e. The Morgan fingerprint density at radius 2 is 2.10 bits per heavy atom. The summed E-state index contributed by atoms with van der Waals surface area (Å²) in [6.07, 6.45) is 4.06. The van der Waals surface area contributed by atoms with E-state index in [9.17, 15) is 4.79 Å². The van der Waals surface area contributed by atoms with Crippen LogP contribution in [-0.4, -0.2) is 22.3 Å². The van der Waals surface area contributed by atoms with E-state index >= 15 is 0 Å². The Hall–Kier alpha value is -2.11. The van der Waals surface area contributed by atoms with E-state index in [2.05, 4.69) is 9.97 Å². The second-order valence-electron chi connectivity index (χ2n) is 4.40. The van der Waals surface area contributed by atoms with Crippen molar-refractivity contribution in [3.05, 3.63) is 58.3 Å². The van der Waals surface area contributed by atoms with Crippen LogP contribution in [0, 0.1) is 0 Å². The number of hydrogen-bond donors (Lipinski definition) is 1. The number of pyridine rings is 1. The second kappa shape index (κ2) is 5.48. The highest BCUT2D eigenvalue weighted by molar-refractivity contribution is 7.09. The number of rotatable bonds is 4. The van der Waals surface area contributed by atoms with Crippen LogP contribution in [0.3, 0.4) is 0 Å². The standard InChI is InChI=1S/C15H13N3OS/c16-6-5-14-18-13(9-20-14)15(19)12-8-17-7-10-3-1-2-4-11(10)12/h1-4,7-9H,5-6,16H2. The Morgan fingerprint density at radius 1 is 1.25 bits per heavy atom. The number of nitrogens with zero attached hydrogens (tertiary/aromatic N) is 2. The molecule has 4 nitrogen and oxygen atoms in total. The molecule has 100 valence electrons. The molecule has 3 rings (SSSR count). The van der Waals surface area contributed by atoms with Crippen LogP contribution in [0.2, 0.25) is 0 Å². The Labute approximate surface area is 120 Å². The molecule has 2 heterocycles. The number of nitrogens with two attached hydrogens (primary N) is 1. The van der Waals surface area contributed by atoms with Crippen LogP contribution in [0.15, 0.2) is 42.0 Å². The molecular formula is C15H13N3OS. The summed E-state index contributed by atoms with van der Waals surface area (Å²) >= 11 is 1.47. The van der Waals surface area contributed by atoms with Crippen LogP contribution in [0.5, 0.6) is 0 Å². The topological polar surface area (TPSA) is 68.9 Å². The SMILES string of the molecule is NCCc1nc(C(=O)c2cncc3ccccc23)cs1. The summed E-state index contributed by atoms with van der Waals surface area (Å²) in [5.74, 6) is -0.0891. The molecule has 0 saturated heterocycles. The zero-order valence-electron chi connectivity index (χ0n) is 10.7. The summed E-state index contributed by atoms with van der Waals surface area (Å²) in [5, 5.41) is 4.54. The molecule has 2 aromatic heterocycles. The molecule has 3 aromatic rings. The van der Waals surface area contributed by atoms with Gasteiger partial charge in [0.1, 0.15) is 5.69 Å². The lowest BCUT2D eigenvalue weighted by molar-refractivity contribution is 0.103. The normalized spacial score (nSPS) is 10.8. The number of benzene rings is 1. The van der Waals surface area contributed by atoms with Gasteiger partial charge in [-0.25, -0.2) is 4.98 Å². The molecule has 20 heavy (non-hydrogen) atoms. The molecule has 0 radical (unpaired) electrons. The van der Waals surface area contributed by atoms with Gasteiger partial charge in [0.2, 0.25) is 5.78 Å². The molecule has 0 bridgehead atoms. The molecule has 0 saturated carbocycles. The van der Waals surface area contributed by atoms with Gasteiger partial charge in [0.05, 0.1) is 10.6 Å². The molecule has 0 unspecified atom stereocenters. The average molecular weight is 283 g/mol. The van der Waals surface area contributed by atoms with Crippen molar-refractivity contribution in [2.45, 2.75) is 6.42 Å². The maximum atomic E-state index is 12.6. The van der Waals surface area contributed by atoms with Gasteiger partial charge >= 0.3 is 0 Å². The molecule has 0 fully saturated rings. The van der Waals surface area contributed by atoms with Crippen molar-refractivity contribution in [1.29, 1.82) is 0 Å². The number of fused-ring (bicyclic) bond motifs is 1. The third-order valence-electron chi connectivity index (χ3n) is 3.06. The van der Waals surface area contributed by atoms with Crippen LogP contribution in [0.25, 0.3) is 10.8 Å². The van der Waals surface area contributed by atoms with Crippen LogP contribution in [0.4, 0.5) is 0 Å². The van der Waals surface area contributed by atoms with E-state index in [0.717, 1.165) is 15.8 Å². The molecule has 0 aliphatic carbocycles. The van der Waals surface area contributed by atoms with E-state index in [1.807, 2.05) is 24.3 Å². The lowest BCUT2D eigenvalue weighted by Gasteiger charge is -2.03. The molecule has 0 aliphatic heterocycles. The second-order valence-corrected chi connectivity index (χ2v) is 5.35. The molecule has 0 spiro atoms. The van der Waals surface area contributed by atoms with Crippen LogP contribution in [0.1, 0.15) is 21.1 Å². The lowest BCUT2D eigenvalue weighted by Crippen LogP contribution is -2.05. The number of ketones is 1. The number of carbonyl (C=O) groups is 1. The van der Waals surface area contributed by atoms with Crippen molar-refractivity contribution >= 4 is 27.9 Å². The zero-order chi connectivity index (χ0) is 13.9. The first-order chi connectivity index (χ1) is 9.79. The predicted octanol–water partition coefficient (Wildman–Crippen LogP) is 2.42. The molecule has 5 heteroatoms. The summed E-state index contributed by atoms with van der Waals surface area (Å²) in [6.45, 7) is 0.539. The van der Waals surface area contributed by atoms with Gasteiger partial charge in [0, 0.05) is 29.6 Å². The van der Waals surface area contributed by atoms with E-state index in [4.69, 9.17) is 5.73 Å². The molecular weight excluding hydrogens is 270 g/mol. The molecule has 0 aliphatic rings. The number of hydrogen-bond acceptors (Lipinski definition) is 5. The fourth-order valence-corrected chi connectivity index (χ4v) is 2.88. The number of carbonyl (C=O) groups excluding carboxylic acids is 1. The van der Waals surface area contributed by atoms with Crippen molar-refractivity contribution in [3.63, 3.8) is 0 Å². The van der Waals surface area contributed by atoms with Gasteiger partial charge in [-0.05, 0) is 11.9 Å². The summed E-state index contributed by atoms with van der Waals surface area (Å²) < 4.78 is 0. The third-order valence-corrected chi connectivity index (χ3v) is 3.96. The van der Waals surface area contributed by atoms with E-state index < -0.39 is 0 Å². The van der Waals surface area contributed by atoms with Crippen molar-refractivity contribution in [2.24, 2.45) is 5.73 Å². The van der Waals surface area contributed by atoms with Gasteiger partial charge in [0.25, 0.3) is 0 Å². The van der Waals surface area contributed by atoms with Gasteiger partial charge < -0.3 is 5.73 Å². The highest BCUT2D eigenvalue weighted by Crippen LogP contribution is 2.21. The smallest absolute Gasteiger partial charge is 0.214 e. The van der Waals surface area contributed by atoms with E-state index in [1.54, 1.807) is 17.8 Å². The molecule has 0 amide bonds. The third kappa shape index (κ3) is 2.33. The van der Waals surface area contributed by atoms with Gasteiger partial charge in [-0.3, -0.25) is 9.78 Å². The summed E-state index contributed by atoms with van der Waals surface area (Å²) in [6, 6.07) is 7.72. The van der Waals surface area contributed by atoms with E-state index in [1.165, 1.54) is 11.3 Å². The number of aromatic nitrogens is 2. The first-order valence-electron chi connectivity index (χ1n) is 6.31. The van der Waals surface area contributed by atoms with Crippen molar-refractivity contribution in [2.75, 3.05) is 6.54 Å². The highest BCUT2D eigenvalue weighted by atomic mass is 32.1. The fourth-order valence-electron chi connectivity index (χ4n) is 2.09. The molecule has 1 aromatic carbocycles. The fraction of sp³-hybridized carbons (Fsp3) is 0.133. The first-order valence-corrected chi connectivity index (χ1v) is 7.19. The highest BCUT2D eigenvalue weighted by Gasteiger charge is 2.16. The Bertz CT molecular complexity index is 761. The minimum absolute atomic E-state index is 0.0891. The van der Waals surface area contributed by atoms with Crippen molar-refractivity contribution in [1.82, 2.24) is 9.97 Å². The van der Waals surface area contributed by atoms with Crippen LogP contribution >= 0.6 is 11.3 Å². The van der Waals surface area contributed by atoms with Crippen molar-refractivity contribution in [3.8, 4) is 0 Å². The minimum atomic E-state index is -0.0891. The van der Waals surface area contributed by atoms with Crippen LogP contribution < -0.4 is 5.73 Å². The van der Waals surface area contributed by atoms with E-state index in [-0.39, 0.29) is 5.78 Å². The summed E-state index contributed by atoms with van der Waals surface area (Å²) in [4.78, 5) is 21.0. The summed E-state index contributed by atoms with van der Waals surface area (Å²) in [7, 11) is 0. The summed E-state index contributed by atoms with van der Waals surface area (Å²) in [5.41, 5.74) is 6.56. The number of thiazole rings is 1. The molecule has 2 N–H and O–H groups in total. The zero-order valence-corrected chi connectivity index (χ0v) is 11.6. The average Bonchev–Trinajstić information content (AvgIpc) is 2.95. The first kappa shape index (κ1) is 12.9. The van der Waals surface area contributed by atoms with E-state index in [0.29, 0.717) is 24.2 Å². The maximum Gasteiger partial charge on any atom is 0.214 e. The van der Waals surface area contributed by atoms with Gasteiger partial charge in [-0.1, -0.05) is 24.3 Å². The van der Waals surface area contributed by atoms with Gasteiger partial charge in [0.15, 0.2) is 0 Å². The monoisotopic (exact) mass is 283 g/mol. The Kier molecular flexibility index (Phi) is 3.54. The lowest BCUT2D eigenvalue weighted by atomic mass is 10.0. The van der Waals surface area contributed by atoms with Crippen molar-refractivity contribution < 1.29 is 4.79 Å². The quantitative estimate of drug-likeness (QED) is 0.747. The predicted molar refractivity (Wildman–Crippen MR) is 80.0 cm³/mol. The molecule has 0 atom stereocenters. The van der Waals surface area contributed by atoms with Gasteiger partial charge in [-0.15, -0.1) is 11.3 Å². The maximum absolute atomic E-state index is 12.6. The minimum Gasteiger partial charge on any atom is -0.330 e. The van der Waals surface area contributed by atoms with Gasteiger partial charge in [-0.2, -0.15) is 0 Å². The van der Waals surface area contributed by atoms with Crippen LogP contribution in [-0.2, 0) is 6.42 Å². The Balaban J connectivity index is 2.03. The Morgan fingerprint density at radius 3 is 2.95 bits per heavy atom.